The fourth-order valence-electron chi connectivity index (χ4n) is 2.16. The van der Waals surface area contributed by atoms with E-state index in [1.807, 2.05) is 0 Å². The van der Waals surface area contributed by atoms with Crippen molar-refractivity contribution in [3.8, 4) is 5.75 Å². The topological polar surface area (TPSA) is 38.5 Å². The van der Waals surface area contributed by atoms with E-state index in [1.165, 1.54) is 11.1 Å². The van der Waals surface area contributed by atoms with Crippen LogP contribution < -0.4 is 15.4 Å². The van der Waals surface area contributed by atoms with Crippen LogP contribution in [0.1, 0.15) is 30.5 Å². The third-order valence-corrected chi connectivity index (χ3v) is 5.27. The highest BCUT2D eigenvalue weighted by molar-refractivity contribution is 9.10. The summed E-state index contributed by atoms with van der Waals surface area (Å²) in [5, 5.41) is 0. The van der Waals surface area contributed by atoms with E-state index < -0.39 is 0 Å². The van der Waals surface area contributed by atoms with Crippen LogP contribution in [0.2, 0.25) is 0 Å². The number of anilines is 1. The fraction of sp³-hybridized carbons (Fsp3) is 0.600. The minimum Gasteiger partial charge on any atom is -0.494 e. The Balaban J connectivity index is 3.59. The van der Waals surface area contributed by atoms with Gasteiger partial charge in [-0.2, -0.15) is 0 Å². The molecule has 0 spiro atoms. The van der Waals surface area contributed by atoms with E-state index >= 15 is 0 Å². The zero-order valence-corrected chi connectivity index (χ0v) is 14.6. The van der Waals surface area contributed by atoms with Crippen LogP contribution in [0.4, 0.5) is 5.69 Å². The van der Waals surface area contributed by atoms with Gasteiger partial charge in [-0.25, -0.2) is 0 Å². The maximum absolute atomic E-state index is 5.90. The van der Waals surface area contributed by atoms with Crippen molar-refractivity contribution in [1.82, 2.24) is 0 Å². The van der Waals surface area contributed by atoms with Crippen molar-refractivity contribution in [3.05, 3.63) is 21.2 Å². The summed E-state index contributed by atoms with van der Waals surface area (Å²) in [6, 6.07) is 0. The number of hydrogen-bond donors (Lipinski definition) is 1. The van der Waals surface area contributed by atoms with Crippen molar-refractivity contribution in [2.75, 3.05) is 25.6 Å². The van der Waals surface area contributed by atoms with Gasteiger partial charge in [0, 0.05) is 23.6 Å². The Morgan fingerprint density at radius 3 is 2.11 bits per heavy atom. The van der Waals surface area contributed by atoms with Crippen molar-refractivity contribution >= 4 is 21.6 Å². The molecule has 0 aliphatic carbocycles. The van der Waals surface area contributed by atoms with Gasteiger partial charge in [-0.15, -0.1) is 0 Å². The third kappa shape index (κ3) is 2.75. The molecule has 0 amide bonds. The second kappa shape index (κ2) is 5.71. The number of nitrogens with two attached hydrogens (primary N) is 1. The molecule has 3 nitrogen and oxygen atoms in total. The van der Waals surface area contributed by atoms with Gasteiger partial charge in [0.15, 0.2) is 0 Å². The van der Waals surface area contributed by atoms with Crippen LogP contribution in [0, 0.1) is 20.8 Å². The molecule has 0 heterocycles. The molecule has 0 unspecified atom stereocenters. The average molecular weight is 329 g/mol. The number of likely N-dealkylation sites (N-methyl/N-ethyl adjacent to an activating group) is 1. The highest BCUT2D eigenvalue weighted by atomic mass is 79.9. The molecule has 0 bridgehead atoms. The molecule has 108 valence electrons. The van der Waals surface area contributed by atoms with Crippen LogP contribution in [0.15, 0.2) is 4.47 Å². The second-order valence-electron chi connectivity index (χ2n) is 5.65. The zero-order valence-electron chi connectivity index (χ0n) is 13.0. The van der Waals surface area contributed by atoms with E-state index in [1.54, 1.807) is 7.11 Å². The normalized spacial score (nSPS) is 11.6. The van der Waals surface area contributed by atoms with Crippen LogP contribution in [-0.2, 0) is 0 Å². The first-order valence-corrected chi connectivity index (χ1v) is 7.25. The molecule has 0 radical (unpaired) electrons. The van der Waals surface area contributed by atoms with Gasteiger partial charge in [-0.1, -0.05) is 15.9 Å². The fourth-order valence-corrected chi connectivity index (χ4v) is 2.65. The molecule has 0 aliphatic rings. The molecule has 1 aromatic carbocycles. The summed E-state index contributed by atoms with van der Waals surface area (Å²) in [7, 11) is 3.79. The van der Waals surface area contributed by atoms with Gasteiger partial charge in [0.1, 0.15) is 5.75 Å². The maximum atomic E-state index is 5.90. The predicted octanol–water partition coefficient (Wildman–Crippen LogP) is 3.56. The number of ether oxygens (including phenoxy) is 1. The Morgan fingerprint density at radius 1 is 1.16 bits per heavy atom. The summed E-state index contributed by atoms with van der Waals surface area (Å²) in [5.74, 6) is 0.933. The molecule has 0 aromatic heterocycles. The van der Waals surface area contributed by atoms with Gasteiger partial charge in [0.05, 0.1) is 12.8 Å². The second-order valence-corrected chi connectivity index (χ2v) is 6.44. The molecule has 1 rings (SSSR count). The van der Waals surface area contributed by atoms with E-state index in [4.69, 9.17) is 10.5 Å². The average Bonchev–Trinajstić information content (AvgIpc) is 2.39. The third-order valence-electron chi connectivity index (χ3n) is 4.08. The van der Waals surface area contributed by atoms with Gasteiger partial charge >= 0.3 is 0 Å². The molecule has 0 fully saturated rings. The summed E-state index contributed by atoms with van der Waals surface area (Å²) in [5.41, 5.74) is 10.4. The highest BCUT2D eigenvalue weighted by Gasteiger charge is 2.28. The number of hydrogen-bond acceptors (Lipinski definition) is 3. The Hall–Kier alpha value is -0.740. The monoisotopic (exact) mass is 328 g/mol. The molecule has 0 saturated carbocycles. The van der Waals surface area contributed by atoms with Crippen LogP contribution in [0.25, 0.3) is 0 Å². The highest BCUT2D eigenvalue weighted by Crippen LogP contribution is 2.43. The first-order valence-electron chi connectivity index (χ1n) is 6.46. The summed E-state index contributed by atoms with van der Waals surface area (Å²) in [6.45, 7) is 11.1. The van der Waals surface area contributed by atoms with Crippen LogP contribution in [0.5, 0.6) is 5.75 Å². The van der Waals surface area contributed by atoms with Gasteiger partial charge in [0.25, 0.3) is 0 Å². The molecule has 1 aromatic rings. The minimum absolute atomic E-state index is 0.126. The first-order chi connectivity index (χ1) is 8.68. The number of benzene rings is 1. The lowest BCUT2D eigenvalue weighted by molar-refractivity contribution is 0.404. The summed E-state index contributed by atoms with van der Waals surface area (Å²) < 4.78 is 6.79. The Labute approximate surface area is 125 Å². The summed E-state index contributed by atoms with van der Waals surface area (Å²) in [4.78, 5) is 2.21. The Bertz CT molecular complexity index is 484. The quantitative estimate of drug-likeness (QED) is 0.918. The van der Waals surface area contributed by atoms with Crippen molar-refractivity contribution in [3.63, 3.8) is 0 Å². The SMILES string of the molecule is COc1c(C)c(C)c(Br)c(C)c1N(C)C(C)(C)CN. The van der Waals surface area contributed by atoms with Crippen LogP contribution in [-0.4, -0.2) is 26.2 Å². The van der Waals surface area contributed by atoms with E-state index in [9.17, 15) is 0 Å². The van der Waals surface area contributed by atoms with Crippen molar-refractivity contribution in [2.45, 2.75) is 40.2 Å². The van der Waals surface area contributed by atoms with Crippen molar-refractivity contribution in [1.29, 1.82) is 0 Å². The van der Waals surface area contributed by atoms with Crippen molar-refractivity contribution in [2.24, 2.45) is 5.73 Å². The molecular formula is C15H25BrN2O. The van der Waals surface area contributed by atoms with Gasteiger partial charge in [0.2, 0.25) is 0 Å². The lowest BCUT2D eigenvalue weighted by Crippen LogP contribution is -2.47. The molecular weight excluding hydrogens is 304 g/mol. The molecule has 0 atom stereocenters. The van der Waals surface area contributed by atoms with E-state index in [-0.39, 0.29) is 5.54 Å². The Morgan fingerprint density at radius 2 is 1.68 bits per heavy atom. The maximum Gasteiger partial charge on any atom is 0.145 e. The molecule has 0 saturated heterocycles. The Kier molecular flexibility index (Phi) is 4.91. The van der Waals surface area contributed by atoms with Crippen LogP contribution >= 0.6 is 15.9 Å². The smallest absolute Gasteiger partial charge is 0.145 e. The van der Waals surface area contributed by atoms with Gasteiger partial charge in [-0.3, -0.25) is 0 Å². The molecule has 2 N–H and O–H groups in total. The largest absolute Gasteiger partial charge is 0.494 e. The summed E-state index contributed by atoms with van der Waals surface area (Å²) in [6.07, 6.45) is 0. The van der Waals surface area contributed by atoms with Gasteiger partial charge in [-0.05, 0) is 51.3 Å². The van der Waals surface area contributed by atoms with Crippen molar-refractivity contribution < 1.29 is 4.74 Å². The number of halogens is 1. The van der Waals surface area contributed by atoms with Gasteiger partial charge < -0.3 is 15.4 Å². The lowest BCUT2D eigenvalue weighted by atomic mass is 9.97. The molecule has 19 heavy (non-hydrogen) atoms. The number of rotatable bonds is 4. The standard InChI is InChI=1S/C15H25BrN2O/c1-9-10(2)14(19-7)13(11(3)12(9)16)18(6)15(4,5)8-17/h8,17H2,1-7H3. The lowest BCUT2D eigenvalue weighted by Gasteiger charge is -2.39. The molecule has 0 aliphatic heterocycles. The van der Waals surface area contributed by atoms with E-state index in [0.29, 0.717) is 6.54 Å². The number of methoxy groups -OCH3 is 1. The zero-order chi connectivity index (χ0) is 15.0. The number of nitrogens with zero attached hydrogens (tertiary/aromatic N) is 1. The first kappa shape index (κ1) is 16.3. The summed E-state index contributed by atoms with van der Waals surface area (Å²) >= 11 is 3.69. The molecule has 4 heteroatoms. The predicted molar refractivity (Wildman–Crippen MR) is 86.4 cm³/mol. The minimum atomic E-state index is -0.126. The van der Waals surface area contributed by atoms with Crippen LogP contribution in [0.3, 0.4) is 0 Å². The van der Waals surface area contributed by atoms with E-state index in [0.717, 1.165) is 21.5 Å². The van der Waals surface area contributed by atoms with E-state index in [2.05, 4.69) is 62.5 Å².